The van der Waals surface area contributed by atoms with Gasteiger partial charge in [-0.25, -0.2) is 9.97 Å². The molecule has 7 nitrogen and oxygen atoms in total. The van der Waals surface area contributed by atoms with Crippen molar-refractivity contribution in [2.45, 2.75) is 18.7 Å². The van der Waals surface area contributed by atoms with Gasteiger partial charge in [-0.1, -0.05) is 12.1 Å². The fourth-order valence-corrected chi connectivity index (χ4v) is 3.49. The number of nitrogens with zero attached hydrogens (tertiary/aromatic N) is 4. The van der Waals surface area contributed by atoms with Crippen molar-refractivity contribution in [1.29, 1.82) is 0 Å². The second kappa shape index (κ2) is 5.06. The lowest BCUT2D eigenvalue weighted by molar-refractivity contribution is 0.597. The Labute approximate surface area is 128 Å². The van der Waals surface area contributed by atoms with Crippen LogP contribution < -0.4 is 10.2 Å². The number of fused-ring (bicyclic) bond motifs is 1. The van der Waals surface area contributed by atoms with Crippen molar-refractivity contribution in [2.24, 2.45) is 4.40 Å². The third-order valence-electron chi connectivity index (χ3n) is 3.23. The first-order valence-electron chi connectivity index (χ1n) is 6.64. The molecule has 2 heterocycles. The van der Waals surface area contributed by atoms with E-state index in [0.29, 0.717) is 11.6 Å². The van der Waals surface area contributed by atoms with E-state index in [1.165, 1.54) is 6.07 Å². The van der Waals surface area contributed by atoms with E-state index in [4.69, 9.17) is 0 Å². The predicted octanol–water partition coefficient (Wildman–Crippen LogP) is 1.70. The van der Waals surface area contributed by atoms with E-state index in [1.807, 2.05) is 19.9 Å². The molecule has 0 atom stereocenters. The Bertz CT molecular complexity index is 856. The van der Waals surface area contributed by atoms with Gasteiger partial charge in [0.05, 0.1) is 5.69 Å². The summed E-state index contributed by atoms with van der Waals surface area (Å²) >= 11 is 0. The number of hydrogen-bond acceptors (Lipinski definition) is 6. The summed E-state index contributed by atoms with van der Waals surface area (Å²) < 4.78 is 28.3. The number of rotatable bonds is 1. The molecule has 1 aliphatic rings. The molecule has 0 bridgehead atoms. The second-order valence-corrected chi connectivity index (χ2v) is 6.59. The van der Waals surface area contributed by atoms with Gasteiger partial charge in [-0.2, -0.15) is 8.42 Å². The molecular weight excluding hydrogens is 302 g/mol. The average molecular weight is 317 g/mol. The van der Waals surface area contributed by atoms with Crippen molar-refractivity contribution in [1.82, 2.24) is 9.97 Å². The maximum absolute atomic E-state index is 12.3. The molecule has 3 rings (SSSR count). The molecule has 0 aliphatic carbocycles. The molecule has 0 spiro atoms. The highest BCUT2D eigenvalue weighted by Gasteiger charge is 2.28. The summed E-state index contributed by atoms with van der Waals surface area (Å²) in [5, 5.41) is 2.88. The first kappa shape index (κ1) is 14.5. The van der Waals surface area contributed by atoms with Crippen molar-refractivity contribution >= 4 is 27.6 Å². The van der Waals surface area contributed by atoms with Gasteiger partial charge in [-0.3, -0.25) is 5.32 Å². The summed E-state index contributed by atoms with van der Waals surface area (Å²) in [7, 11) is -2.00. The lowest BCUT2D eigenvalue weighted by Crippen LogP contribution is -2.38. The van der Waals surface area contributed by atoms with E-state index in [0.717, 1.165) is 11.4 Å². The number of anilines is 2. The molecule has 0 unspecified atom stereocenters. The molecular formula is C14H15N5O2S. The lowest BCUT2D eigenvalue weighted by atomic mass is 10.3. The predicted molar refractivity (Wildman–Crippen MR) is 84.6 cm³/mol. The van der Waals surface area contributed by atoms with Gasteiger partial charge in [0.15, 0.2) is 0 Å². The molecule has 1 N–H and O–H groups in total. The molecule has 1 aromatic heterocycles. The number of hydrogen-bond donors (Lipinski definition) is 1. The van der Waals surface area contributed by atoms with Crippen LogP contribution >= 0.6 is 0 Å². The fraction of sp³-hybridized carbons (Fsp3) is 0.214. The van der Waals surface area contributed by atoms with Gasteiger partial charge in [-0.15, -0.1) is 4.40 Å². The van der Waals surface area contributed by atoms with Crippen molar-refractivity contribution in [3.05, 3.63) is 41.7 Å². The monoisotopic (exact) mass is 317 g/mol. The highest BCUT2D eigenvalue weighted by Crippen LogP contribution is 2.30. The molecule has 1 aliphatic heterocycles. The molecule has 0 saturated heterocycles. The molecule has 0 saturated carbocycles. The first-order valence-corrected chi connectivity index (χ1v) is 8.08. The molecule has 22 heavy (non-hydrogen) atoms. The van der Waals surface area contributed by atoms with Gasteiger partial charge >= 0.3 is 0 Å². The van der Waals surface area contributed by atoms with Crippen LogP contribution in [0, 0.1) is 13.8 Å². The number of aromatic nitrogens is 2. The van der Waals surface area contributed by atoms with Crippen LogP contribution in [-0.4, -0.2) is 31.4 Å². The minimum absolute atomic E-state index is 0.170. The zero-order valence-electron chi connectivity index (χ0n) is 12.4. The zero-order valence-corrected chi connectivity index (χ0v) is 13.2. The number of para-hydroxylation sites is 1. The van der Waals surface area contributed by atoms with Crippen LogP contribution in [0.4, 0.5) is 11.6 Å². The molecule has 8 heteroatoms. The van der Waals surface area contributed by atoms with Crippen LogP contribution in [0.1, 0.15) is 11.4 Å². The molecule has 0 amide bonds. The number of sulfonamides is 1. The van der Waals surface area contributed by atoms with E-state index in [-0.39, 0.29) is 10.9 Å². The van der Waals surface area contributed by atoms with Crippen molar-refractivity contribution in [3.8, 4) is 0 Å². The fourth-order valence-electron chi connectivity index (χ4n) is 2.28. The molecule has 0 fully saturated rings. The van der Waals surface area contributed by atoms with Crippen LogP contribution in [0.15, 0.2) is 39.6 Å². The Morgan fingerprint density at radius 2 is 1.73 bits per heavy atom. The molecule has 0 radical (unpaired) electrons. The SMILES string of the molecule is Cc1cc(C)nc(NC2=NS(=O)(=O)c3ccccc3N2C)n1. The van der Waals surface area contributed by atoms with Crippen molar-refractivity contribution in [3.63, 3.8) is 0 Å². The summed E-state index contributed by atoms with van der Waals surface area (Å²) in [6.07, 6.45) is 0. The van der Waals surface area contributed by atoms with Gasteiger partial charge in [0.25, 0.3) is 10.0 Å². The van der Waals surface area contributed by atoms with Crippen molar-refractivity contribution < 1.29 is 8.42 Å². The third-order valence-corrected chi connectivity index (χ3v) is 4.55. The average Bonchev–Trinajstić information content (AvgIpc) is 2.43. The van der Waals surface area contributed by atoms with Crippen LogP contribution in [0.25, 0.3) is 0 Å². The third kappa shape index (κ3) is 2.52. The lowest BCUT2D eigenvalue weighted by Gasteiger charge is -2.27. The van der Waals surface area contributed by atoms with Crippen LogP contribution in [0.3, 0.4) is 0 Å². The maximum Gasteiger partial charge on any atom is 0.287 e. The Balaban J connectivity index is 2.04. The van der Waals surface area contributed by atoms with Crippen LogP contribution in [-0.2, 0) is 10.0 Å². The number of guanidine groups is 1. The second-order valence-electron chi connectivity index (χ2n) is 5.02. The number of benzene rings is 1. The van der Waals surface area contributed by atoms with Gasteiger partial charge in [-0.05, 0) is 32.0 Å². The normalized spacial score (nSPS) is 16.0. The standard InChI is InChI=1S/C14H15N5O2S/c1-9-8-10(2)16-13(15-9)17-14-18-22(20,21)12-7-5-4-6-11(12)19(14)3/h4-8H,1-3H3,(H,15,16,17,18). The van der Waals surface area contributed by atoms with Crippen molar-refractivity contribution in [2.75, 3.05) is 17.3 Å². The smallest absolute Gasteiger partial charge is 0.287 e. The first-order chi connectivity index (χ1) is 10.4. The Hall–Kier alpha value is -2.48. The maximum atomic E-state index is 12.3. The number of aryl methyl sites for hydroxylation is 2. The summed E-state index contributed by atoms with van der Waals surface area (Å²) in [6, 6.07) is 8.55. The van der Waals surface area contributed by atoms with Gasteiger partial charge in [0, 0.05) is 18.4 Å². The van der Waals surface area contributed by atoms with E-state index < -0.39 is 10.0 Å². The van der Waals surface area contributed by atoms with Gasteiger partial charge in [0.1, 0.15) is 4.90 Å². The molecule has 114 valence electrons. The largest absolute Gasteiger partial charge is 0.313 e. The summed E-state index contributed by atoms with van der Waals surface area (Å²) in [4.78, 5) is 10.3. The van der Waals surface area contributed by atoms with Gasteiger partial charge < -0.3 is 4.90 Å². The van der Waals surface area contributed by atoms with E-state index in [9.17, 15) is 8.42 Å². The Kier molecular flexibility index (Phi) is 3.32. The topological polar surface area (TPSA) is 87.5 Å². The number of nitrogens with one attached hydrogen (secondary N) is 1. The Morgan fingerprint density at radius 3 is 2.41 bits per heavy atom. The summed E-state index contributed by atoms with van der Waals surface area (Å²) in [5.41, 5.74) is 2.14. The highest BCUT2D eigenvalue weighted by molar-refractivity contribution is 7.90. The van der Waals surface area contributed by atoms with E-state index in [1.54, 1.807) is 30.1 Å². The molecule has 2 aromatic rings. The summed E-state index contributed by atoms with van der Waals surface area (Å²) in [6.45, 7) is 3.69. The summed E-state index contributed by atoms with van der Waals surface area (Å²) in [5.74, 6) is 0.487. The zero-order chi connectivity index (χ0) is 15.9. The minimum Gasteiger partial charge on any atom is -0.313 e. The Morgan fingerprint density at radius 1 is 1.09 bits per heavy atom. The quantitative estimate of drug-likeness (QED) is 0.861. The highest BCUT2D eigenvalue weighted by atomic mass is 32.2. The minimum atomic E-state index is -3.74. The van der Waals surface area contributed by atoms with Gasteiger partial charge in [0.2, 0.25) is 11.9 Å². The van der Waals surface area contributed by atoms with Crippen LogP contribution in [0.2, 0.25) is 0 Å². The molecule has 1 aromatic carbocycles. The van der Waals surface area contributed by atoms with Crippen LogP contribution in [0.5, 0.6) is 0 Å². The van der Waals surface area contributed by atoms with E-state index >= 15 is 0 Å². The van der Waals surface area contributed by atoms with E-state index in [2.05, 4.69) is 19.7 Å².